The summed E-state index contributed by atoms with van der Waals surface area (Å²) in [5, 5.41) is 6.69. The minimum Gasteiger partial charge on any atom is -0.467 e. The molecule has 1 aliphatic heterocycles. The lowest BCUT2D eigenvalue weighted by Crippen LogP contribution is -2.43. The number of halogens is 3. The minimum absolute atomic E-state index is 0.165. The summed E-state index contributed by atoms with van der Waals surface area (Å²) in [5.41, 5.74) is -0.728. The predicted molar refractivity (Wildman–Crippen MR) is 112 cm³/mol. The third kappa shape index (κ3) is 4.79. The first-order chi connectivity index (χ1) is 15.8. The number of carbonyl (C=O) groups is 2. The van der Waals surface area contributed by atoms with Gasteiger partial charge in [0, 0.05) is 19.0 Å². The fraction of sp³-hybridized carbons (Fsp3) is 0.348. The number of nitrogens with one attached hydrogen (secondary N) is 1. The Morgan fingerprint density at radius 1 is 1.15 bits per heavy atom. The summed E-state index contributed by atoms with van der Waals surface area (Å²) in [7, 11) is 0. The van der Waals surface area contributed by atoms with Gasteiger partial charge in [0.15, 0.2) is 5.69 Å². The fourth-order valence-corrected chi connectivity index (χ4v) is 4.01. The summed E-state index contributed by atoms with van der Waals surface area (Å²) < 4.78 is 47.8. The van der Waals surface area contributed by atoms with Gasteiger partial charge in [0.25, 0.3) is 5.91 Å². The Labute approximate surface area is 188 Å². The molecule has 2 aromatic heterocycles. The van der Waals surface area contributed by atoms with E-state index in [4.69, 9.17) is 4.42 Å². The van der Waals surface area contributed by atoms with Crippen LogP contribution < -0.4 is 5.32 Å². The average molecular weight is 460 g/mol. The molecular formula is C23H23F3N4O3. The second-order valence-electron chi connectivity index (χ2n) is 7.97. The molecule has 174 valence electrons. The van der Waals surface area contributed by atoms with Crippen LogP contribution in [0.1, 0.15) is 40.2 Å². The van der Waals surface area contributed by atoms with E-state index in [2.05, 4.69) is 10.4 Å². The van der Waals surface area contributed by atoms with Gasteiger partial charge in [-0.3, -0.25) is 9.59 Å². The van der Waals surface area contributed by atoms with Crippen molar-refractivity contribution in [1.29, 1.82) is 0 Å². The molecular weight excluding hydrogens is 437 g/mol. The monoisotopic (exact) mass is 460 g/mol. The van der Waals surface area contributed by atoms with E-state index in [-0.39, 0.29) is 37.1 Å². The normalized spacial score (nSPS) is 15.0. The fourth-order valence-electron chi connectivity index (χ4n) is 4.01. The number of aromatic nitrogens is 2. The summed E-state index contributed by atoms with van der Waals surface area (Å²) in [6.07, 6.45) is -1.55. The highest BCUT2D eigenvalue weighted by atomic mass is 19.4. The van der Waals surface area contributed by atoms with Gasteiger partial charge in [-0.15, -0.1) is 0 Å². The molecule has 33 heavy (non-hydrogen) atoms. The lowest BCUT2D eigenvalue weighted by Gasteiger charge is -2.31. The van der Waals surface area contributed by atoms with E-state index < -0.39 is 23.3 Å². The minimum atomic E-state index is -4.77. The van der Waals surface area contributed by atoms with E-state index in [0.29, 0.717) is 24.2 Å². The average Bonchev–Trinajstić information content (AvgIpc) is 3.47. The molecule has 1 fully saturated rings. The summed E-state index contributed by atoms with van der Waals surface area (Å²) in [6, 6.07) is 10.0. The molecule has 0 bridgehead atoms. The highest BCUT2D eigenvalue weighted by molar-refractivity contribution is 5.95. The summed E-state index contributed by atoms with van der Waals surface area (Å²) in [6.45, 7) is 2.31. The molecule has 7 nitrogen and oxygen atoms in total. The number of carbonyl (C=O) groups excluding carboxylic acids is 2. The van der Waals surface area contributed by atoms with Crippen molar-refractivity contribution in [2.24, 2.45) is 5.92 Å². The number of likely N-dealkylation sites (tertiary alicyclic amines) is 1. The molecule has 0 aliphatic carbocycles. The standard InChI is InChI=1S/C23H23F3N4O3/c1-15-5-2-3-7-19(15)30-20(23(24,25)26)18(14-28-30)22(32)29-10-8-16(9-11-29)21(31)27-13-17-6-4-12-33-17/h2-7,12,14,16H,8-11,13H2,1H3,(H,27,31). The number of rotatable bonds is 5. The highest BCUT2D eigenvalue weighted by Crippen LogP contribution is 2.35. The lowest BCUT2D eigenvalue weighted by molar-refractivity contribution is -0.143. The highest BCUT2D eigenvalue weighted by Gasteiger charge is 2.42. The van der Waals surface area contributed by atoms with Gasteiger partial charge in [0.05, 0.1) is 30.3 Å². The maximum atomic E-state index is 14.0. The van der Waals surface area contributed by atoms with E-state index in [1.54, 1.807) is 37.3 Å². The van der Waals surface area contributed by atoms with Crippen LogP contribution >= 0.6 is 0 Å². The molecule has 3 heterocycles. The van der Waals surface area contributed by atoms with Crippen LogP contribution in [0, 0.1) is 12.8 Å². The van der Waals surface area contributed by atoms with E-state index in [1.165, 1.54) is 17.2 Å². The number of aryl methyl sites for hydroxylation is 1. The third-order valence-corrected chi connectivity index (χ3v) is 5.78. The number of piperidine rings is 1. The van der Waals surface area contributed by atoms with Gasteiger partial charge in [-0.1, -0.05) is 18.2 Å². The Bertz CT molecular complexity index is 1130. The van der Waals surface area contributed by atoms with Crippen molar-refractivity contribution in [2.45, 2.75) is 32.5 Å². The molecule has 4 rings (SSSR count). The van der Waals surface area contributed by atoms with E-state index in [1.807, 2.05) is 0 Å². The molecule has 1 aromatic carbocycles. The van der Waals surface area contributed by atoms with Gasteiger partial charge < -0.3 is 14.6 Å². The zero-order chi connectivity index (χ0) is 23.6. The van der Waals surface area contributed by atoms with Gasteiger partial charge in [0.2, 0.25) is 5.91 Å². The van der Waals surface area contributed by atoms with Crippen LogP contribution in [0.2, 0.25) is 0 Å². The molecule has 0 spiro atoms. The molecule has 1 saturated heterocycles. The van der Waals surface area contributed by atoms with Crippen LogP contribution in [0.4, 0.5) is 13.2 Å². The molecule has 0 saturated carbocycles. The molecule has 1 N–H and O–H groups in total. The SMILES string of the molecule is Cc1ccccc1-n1ncc(C(=O)N2CCC(C(=O)NCc3ccco3)CC2)c1C(F)(F)F. The molecule has 2 amide bonds. The number of benzene rings is 1. The van der Waals surface area contributed by atoms with Crippen LogP contribution in [-0.4, -0.2) is 39.6 Å². The Kier molecular flexibility index (Phi) is 6.26. The number of hydrogen-bond acceptors (Lipinski definition) is 4. The molecule has 0 atom stereocenters. The van der Waals surface area contributed by atoms with Gasteiger partial charge in [0.1, 0.15) is 5.76 Å². The van der Waals surface area contributed by atoms with Gasteiger partial charge in [-0.05, 0) is 43.5 Å². The molecule has 1 aliphatic rings. The second-order valence-corrected chi connectivity index (χ2v) is 7.97. The van der Waals surface area contributed by atoms with E-state index in [9.17, 15) is 22.8 Å². The van der Waals surface area contributed by atoms with Gasteiger partial charge >= 0.3 is 6.18 Å². The number of furan rings is 1. The van der Waals surface area contributed by atoms with E-state index in [0.717, 1.165) is 10.9 Å². The summed E-state index contributed by atoms with van der Waals surface area (Å²) in [5.74, 6) is -0.597. The third-order valence-electron chi connectivity index (χ3n) is 5.78. The van der Waals surface area contributed by atoms with Crippen molar-refractivity contribution < 1.29 is 27.2 Å². The number of alkyl halides is 3. The lowest BCUT2D eigenvalue weighted by atomic mass is 9.95. The quantitative estimate of drug-likeness (QED) is 0.625. The van der Waals surface area contributed by atoms with Crippen LogP contribution in [0.5, 0.6) is 0 Å². The molecule has 0 radical (unpaired) electrons. The zero-order valence-electron chi connectivity index (χ0n) is 17.9. The Hall–Kier alpha value is -3.56. The van der Waals surface area contributed by atoms with Crippen molar-refractivity contribution in [2.75, 3.05) is 13.1 Å². The molecule has 10 heteroatoms. The van der Waals surface area contributed by atoms with E-state index >= 15 is 0 Å². The van der Waals surface area contributed by atoms with Gasteiger partial charge in [-0.2, -0.15) is 18.3 Å². The molecule has 0 unspecified atom stereocenters. The number of hydrogen-bond donors (Lipinski definition) is 1. The van der Waals surface area contributed by atoms with Crippen molar-refractivity contribution in [1.82, 2.24) is 20.0 Å². The maximum absolute atomic E-state index is 14.0. The Morgan fingerprint density at radius 3 is 2.52 bits per heavy atom. The first kappa shape index (κ1) is 22.6. The summed E-state index contributed by atoms with van der Waals surface area (Å²) in [4.78, 5) is 26.8. The van der Waals surface area contributed by atoms with Crippen LogP contribution in [0.3, 0.4) is 0 Å². The second kappa shape index (κ2) is 9.13. The largest absolute Gasteiger partial charge is 0.467 e. The Morgan fingerprint density at radius 2 is 1.88 bits per heavy atom. The Balaban J connectivity index is 1.47. The van der Waals surface area contributed by atoms with Gasteiger partial charge in [-0.25, -0.2) is 4.68 Å². The van der Waals surface area contributed by atoms with Crippen molar-refractivity contribution in [3.8, 4) is 5.69 Å². The predicted octanol–water partition coefficient (Wildman–Crippen LogP) is 3.96. The smallest absolute Gasteiger partial charge is 0.434 e. The molecule has 3 aromatic rings. The number of amides is 2. The van der Waals surface area contributed by atoms with Crippen molar-refractivity contribution in [3.63, 3.8) is 0 Å². The van der Waals surface area contributed by atoms with Crippen molar-refractivity contribution >= 4 is 11.8 Å². The topological polar surface area (TPSA) is 80.4 Å². The number of nitrogens with zero attached hydrogens (tertiary/aromatic N) is 3. The van der Waals surface area contributed by atoms with Crippen LogP contribution in [-0.2, 0) is 17.5 Å². The van der Waals surface area contributed by atoms with Crippen molar-refractivity contribution in [3.05, 3.63) is 71.4 Å². The van der Waals surface area contributed by atoms with Crippen LogP contribution in [0.25, 0.3) is 5.69 Å². The first-order valence-corrected chi connectivity index (χ1v) is 10.6. The van der Waals surface area contributed by atoms with Crippen LogP contribution in [0.15, 0.2) is 53.3 Å². The number of para-hydroxylation sites is 1. The zero-order valence-corrected chi connectivity index (χ0v) is 17.9. The maximum Gasteiger partial charge on any atom is 0.434 e. The summed E-state index contributed by atoms with van der Waals surface area (Å²) >= 11 is 0. The first-order valence-electron chi connectivity index (χ1n) is 10.6.